The van der Waals surface area contributed by atoms with E-state index in [0.29, 0.717) is 17.1 Å². The number of hydrogen-bond donors (Lipinski definition) is 0. The number of benzene rings is 2. The minimum absolute atomic E-state index is 0.188. The number of hydrogen-bond acceptors (Lipinski definition) is 5. The van der Waals surface area contributed by atoms with Gasteiger partial charge in [-0.15, -0.1) is 0 Å². The number of thiazole rings is 1. The Hall–Kier alpha value is -2.25. The lowest BCUT2D eigenvalue weighted by Gasteiger charge is -2.06. The van der Waals surface area contributed by atoms with Gasteiger partial charge in [-0.05, 0) is 61.6 Å². The van der Waals surface area contributed by atoms with Crippen molar-refractivity contribution < 1.29 is 14.3 Å². The number of fused-ring (bicyclic) bond motifs is 2. The highest BCUT2D eigenvalue weighted by atomic mass is 32.2. The summed E-state index contributed by atoms with van der Waals surface area (Å²) in [5, 5.41) is 0. The largest absolute Gasteiger partial charge is 0.454 e. The van der Waals surface area contributed by atoms with Crippen molar-refractivity contribution >= 4 is 39.2 Å². The van der Waals surface area contributed by atoms with Crippen molar-refractivity contribution in [1.29, 1.82) is 0 Å². The van der Waals surface area contributed by atoms with Crippen LogP contribution in [0.3, 0.4) is 0 Å². The van der Waals surface area contributed by atoms with Crippen molar-refractivity contribution in [3.05, 3.63) is 51.8 Å². The summed E-state index contributed by atoms with van der Waals surface area (Å²) in [5.41, 5.74) is 4.12. The minimum atomic E-state index is -0.272. The van der Waals surface area contributed by atoms with Crippen LogP contribution in [0, 0.1) is 13.8 Å². The molecule has 2 heterocycles. The van der Waals surface area contributed by atoms with Crippen molar-refractivity contribution in [3.8, 4) is 11.5 Å². The maximum absolute atomic E-state index is 12.8. The molecular formula is C20H20N2O3S2. The first-order valence-corrected chi connectivity index (χ1v) is 10.9. The lowest BCUT2D eigenvalue weighted by molar-refractivity contribution is 0.0997. The molecule has 0 N–H and O–H groups in total. The highest BCUT2D eigenvalue weighted by Crippen LogP contribution is 2.32. The summed E-state index contributed by atoms with van der Waals surface area (Å²) >= 11 is 3.34. The van der Waals surface area contributed by atoms with E-state index in [9.17, 15) is 4.79 Å². The SMILES string of the molecule is CSCCn1c(=NC(=O)c2ccc3c(c2)OCO3)sc2cc(C)c(C)cc21. The molecular weight excluding hydrogens is 380 g/mol. The smallest absolute Gasteiger partial charge is 0.279 e. The minimum Gasteiger partial charge on any atom is -0.454 e. The third-order valence-electron chi connectivity index (χ3n) is 4.63. The highest BCUT2D eigenvalue weighted by molar-refractivity contribution is 7.98. The highest BCUT2D eigenvalue weighted by Gasteiger charge is 2.16. The molecule has 4 rings (SSSR count). The van der Waals surface area contributed by atoms with E-state index >= 15 is 0 Å². The number of nitrogens with zero attached hydrogens (tertiary/aromatic N) is 2. The molecule has 0 saturated heterocycles. The zero-order valence-corrected chi connectivity index (χ0v) is 17.1. The Labute approximate surface area is 165 Å². The average molecular weight is 401 g/mol. The number of carbonyl (C=O) groups excluding carboxylic acids is 1. The number of thioether (sulfide) groups is 1. The maximum atomic E-state index is 12.8. The van der Waals surface area contributed by atoms with Gasteiger partial charge in [0.05, 0.1) is 10.2 Å². The number of carbonyl (C=O) groups is 1. The van der Waals surface area contributed by atoms with Crippen LogP contribution in [0.15, 0.2) is 35.3 Å². The average Bonchev–Trinajstić information content (AvgIpc) is 3.24. The molecule has 1 aromatic heterocycles. The summed E-state index contributed by atoms with van der Waals surface area (Å²) in [4.78, 5) is 17.9. The van der Waals surface area contributed by atoms with Gasteiger partial charge in [0.2, 0.25) is 6.79 Å². The Bertz CT molecular complexity index is 1100. The summed E-state index contributed by atoms with van der Waals surface area (Å²) in [5.74, 6) is 1.94. The van der Waals surface area contributed by atoms with Gasteiger partial charge in [-0.2, -0.15) is 16.8 Å². The molecule has 0 radical (unpaired) electrons. The first-order chi connectivity index (χ1) is 13.1. The summed E-state index contributed by atoms with van der Waals surface area (Å²) in [6.45, 7) is 5.22. The van der Waals surface area contributed by atoms with Crippen LogP contribution < -0.4 is 14.3 Å². The molecule has 0 aliphatic carbocycles. The number of aryl methyl sites for hydroxylation is 3. The lowest BCUT2D eigenvalue weighted by Crippen LogP contribution is -2.18. The second-order valence-corrected chi connectivity index (χ2v) is 8.41. The molecule has 2 aromatic carbocycles. The molecule has 0 fully saturated rings. The molecule has 1 aliphatic rings. The van der Waals surface area contributed by atoms with Crippen LogP contribution in [0.5, 0.6) is 11.5 Å². The molecule has 5 nitrogen and oxygen atoms in total. The van der Waals surface area contributed by atoms with Crippen LogP contribution in [0.1, 0.15) is 21.5 Å². The summed E-state index contributed by atoms with van der Waals surface area (Å²) in [6, 6.07) is 9.54. The summed E-state index contributed by atoms with van der Waals surface area (Å²) in [7, 11) is 0. The second kappa shape index (κ2) is 7.40. The van der Waals surface area contributed by atoms with E-state index in [-0.39, 0.29) is 12.7 Å². The van der Waals surface area contributed by atoms with Gasteiger partial charge >= 0.3 is 0 Å². The molecule has 7 heteroatoms. The van der Waals surface area contributed by atoms with E-state index in [2.05, 4.69) is 41.8 Å². The van der Waals surface area contributed by atoms with Crippen LogP contribution in [0.2, 0.25) is 0 Å². The van der Waals surface area contributed by atoms with E-state index in [1.165, 1.54) is 11.1 Å². The van der Waals surface area contributed by atoms with Crippen LogP contribution in [0.4, 0.5) is 0 Å². The quantitative estimate of drug-likeness (QED) is 0.660. The summed E-state index contributed by atoms with van der Waals surface area (Å²) < 4.78 is 14.0. The predicted octanol–water partition coefficient (Wildman–Crippen LogP) is 4.15. The van der Waals surface area contributed by atoms with E-state index in [0.717, 1.165) is 27.3 Å². The third kappa shape index (κ3) is 3.49. The Kier molecular flexibility index (Phi) is 4.97. The standard InChI is InChI=1S/C20H20N2O3S2/c1-12-8-15-18(9-13(12)2)27-20(22(15)6-7-26-3)21-19(23)14-4-5-16-17(10-14)25-11-24-16/h4-5,8-10H,6-7,11H2,1-3H3. The van der Waals surface area contributed by atoms with E-state index in [1.54, 1.807) is 41.3 Å². The Morgan fingerprint density at radius 2 is 1.96 bits per heavy atom. The Morgan fingerprint density at radius 3 is 2.78 bits per heavy atom. The third-order valence-corrected chi connectivity index (χ3v) is 6.27. The fourth-order valence-corrected chi connectivity index (χ4v) is 4.49. The number of aromatic nitrogens is 1. The first kappa shape index (κ1) is 18.1. The zero-order valence-electron chi connectivity index (χ0n) is 15.4. The van der Waals surface area contributed by atoms with E-state index in [4.69, 9.17) is 9.47 Å². The van der Waals surface area contributed by atoms with Crippen molar-refractivity contribution in [2.45, 2.75) is 20.4 Å². The van der Waals surface area contributed by atoms with Crippen molar-refractivity contribution in [1.82, 2.24) is 4.57 Å². The molecule has 0 spiro atoms. The van der Waals surface area contributed by atoms with E-state index < -0.39 is 0 Å². The van der Waals surface area contributed by atoms with Gasteiger partial charge in [0.1, 0.15) is 0 Å². The predicted molar refractivity (Wildman–Crippen MR) is 110 cm³/mol. The molecule has 0 saturated carbocycles. The molecule has 0 atom stereocenters. The van der Waals surface area contributed by atoms with Gasteiger partial charge in [-0.3, -0.25) is 4.79 Å². The lowest BCUT2D eigenvalue weighted by atomic mass is 10.1. The topological polar surface area (TPSA) is 52.8 Å². The van der Waals surface area contributed by atoms with Gasteiger partial charge in [0.25, 0.3) is 5.91 Å². The van der Waals surface area contributed by atoms with Crippen molar-refractivity contribution in [2.75, 3.05) is 18.8 Å². The van der Waals surface area contributed by atoms with Crippen LogP contribution in [-0.2, 0) is 6.54 Å². The molecule has 27 heavy (non-hydrogen) atoms. The van der Waals surface area contributed by atoms with Gasteiger partial charge < -0.3 is 14.0 Å². The molecule has 0 unspecified atom stereocenters. The first-order valence-electron chi connectivity index (χ1n) is 8.65. The van der Waals surface area contributed by atoms with Gasteiger partial charge in [0.15, 0.2) is 16.3 Å². The molecule has 3 aromatic rings. The van der Waals surface area contributed by atoms with Crippen LogP contribution in [0.25, 0.3) is 10.2 Å². The van der Waals surface area contributed by atoms with Gasteiger partial charge in [-0.1, -0.05) is 11.3 Å². The fraction of sp³-hybridized carbons (Fsp3) is 0.300. The van der Waals surface area contributed by atoms with E-state index in [1.807, 2.05) is 0 Å². The van der Waals surface area contributed by atoms with Gasteiger partial charge in [0, 0.05) is 17.9 Å². The van der Waals surface area contributed by atoms with Crippen molar-refractivity contribution in [3.63, 3.8) is 0 Å². The number of amides is 1. The number of rotatable bonds is 4. The van der Waals surface area contributed by atoms with Crippen molar-refractivity contribution in [2.24, 2.45) is 4.99 Å². The van der Waals surface area contributed by atoms with Crippen LogP contribution >= 0.6 is 23.1 Å². The van der Waals surface area contributed by atoms with Crippen LogP contribution in [-0.4, -0.2) is 29.3 Å². The second-order valence-electron chi connectivity index (χ2n) is 6.42. The fourth-order valence-electron chi connectivity index (χ4n) is 2.99. The molecule has 0 bridgehead atoms. The molecule has 140 valence electrons. The van der Waals surface area contributed by atoms with Gasteiger partial charge in [-0.25, -0.2) is 0 Å². The zero-order chi connectivity index (χ0) is 19.0. The monoisotopic (exact) mass is 400 g/mol. The Morgan fingerprint density at radius 1 is 1.19 bits per heavy atom. The normalized spacial score (nSPS) is 13.5. The number of ether oxygens (including phenoxy) is 2. The molecule has 1 aliphatic heterocycles. The maximum Gasteiger partial charge on any atom is 0.279 e. The Balaban J connectivity index is 1.80. The molecule has 1 amide bonds. The summed E-state index contributed by atoms with van der Waals surface area (Å²) in [6.07, 6.45) is 2.08.